The third-order valence-corrected chi connectivity index (χ3v) is 1.84. The predicted molar refractivity (Wildman–Crippen MR) is 54.0 cm³/mol. The third-order valence-electron chi connectivity index (χ3n) is 1.84. The van der Waals surface area contributed by atoms with Crippen molar-refractivity contribution >= 4 is 0 Å². The monoisotopic (exact) mass is 174 g/mol. The summed E-state index contributed by atoms with van der Waals surface area (Å²) in [5.41, 5.74) is 1.27. The molecule has 1 aromatic heterocycles. The summed E-state index contributed by atoms with van der Waals surface area (Å²) in [6, 6.07) is 4.04. The highest BCUT2D eigenvalue weighted by molar-refractivity contribution is 5.09. The van der Waals surface area contributed by atoms with Gasteiger partial charge in [0.05, 0.1) is 0 Å². The molecule has 1 rings (SSSR count). The van der Waals surface area contributed by atoms with E-state index in [1.54, 1.807) is 0 Å². The molecule has 2 heteroatoms. The average Bonchev–Trinajstić information content (AvgIpc) is 2.16. The molecule has 13 heavy (non-hydrogen) atoms. The largest absolute Gasteiger partial charge is 0.301 e. The van der Waals surface area contributed by atoms with Crippen LogP contribution in [0.3, 0.4) is 0 Å². The van der Waals surface area contributed by atoms with Crippen molar-refractivity contribution in [3.05, 3.63) is 30.1 Å². The number of rotatable bonds is 4. The number of nitrogens with zero attached hydrogens (tertiary/aromatic N) is 2. The standard InChI is InChI=1S/C11H14N2/c1-3-4-9-13(2)10-11-5-7-12-8-6-11/h1,5-8H,4,9-10H2,2H3. The lowest BCUT2D eigenvalue weighted by atomic mass is 10.2. The number of aromatic nitrogens is 1. The van der Waals surface area contributed by atoms with Crippen LogP contribution in [0.2, 0.25) is 0 Å². The van der Waals surface area contributed by atoms with Crippen molar-refractivity contribution in [2.45, 2.75) is 13.0 Å². The van der Waals surface area contributed by atoms with E-state index >= 15 is 0 Å². The quantitative estimate of drug-likeness (QED) is 0.644. The van der Waals surface area contributed by atoms with Crippen molar-refractivity contribution in [3.63, 3.8) is 0 Å². The lowest BCUT2D eigenvalue weighted by molar-refractivity contribution is 0.335. The molecule has 1 aromatic rings. The van der Waals surface area contributed by atoms with Gasteiger partial charge in [0, 0.05) is 31.9 Å². The Labute approximate surface area is 79.6 Å². The highest BCUT2D eigenvalue weighted by Crippen LogP contribution is 2.00. The number of hydrogen-bond acceptors (Lipinski definition) is 2. The summed E-state index contributed by atoms with van der Waals surface area (Å²) in [6.07, 6.45) is 9.61. The first-order chi connectivity index (χ1) is 6.33. The van der Waals surface area contributed by atoms with E-state index in [2.05, 4.69) is 22.9 Å². The van der Waals surface area contributed by atoms with Crippen LogP contribution in [-0.4, -0.2) is 23.5 Å². The maximum atomic E-state index is 5.18. The van der Waals surface area contributed by atoms with Gasteiger partial charge in [-0.3, -0.25) is 4.98 Å². The van der Waals surface area contributed by atoms with Crippen LogP contribution < -0.4 is 0 Å². The molecule has 0 radical (unpaired) electrons. The predicted octanol–water partition coefficient (Wildman–Crippen LogP) is 1.54. The fourth-order valence-electron chi connectivity index (χ4n) is 1.13. The van der Waals surface area contributed by atoms with Crippen molar-refractivity contribution in [2.24, 2.45) is 0 Å². The minimum absolute atomic E-state index is 0.807. The Bertz CT molecular complexity index is 274. The third kappa shape index (κ3) is 3.73. The van der Waals surface area contributed by atoms with Crippen molar-refractivity contribution in [1.82, 2.24) is 9.88 Å². The summed E-state index contributed by atoms with van der Waals surface area (Å²) >= 11 is 0. The molecular formula is C11H14N2. The zero-order valence-corrected chi connectivity index (χ0v) is 7.90. The van der Waals surface area contributed by atoms with Gasteiger partial charge in [0.1, 0.15) is 0 Å². The minimum Gasteiger partial charge on any atom is -0.301 e. The molecule has 0 fully saturated rings. The van der Waals surface area contributed by atoms with E-state index in [0.29, 0.717) is 0 Å². The summed E-state index contributed by atoms with van der Waals surface area (Å²) in [6.45, 7) is 1.88. The van der Waals surface area contributed by atoms with E-state index in [1.165, 1.54) is 5.56 Å². The zero-order valence-electron chi connectivity index (χ0n) is 7.90. The Kier molecular flexibility index (Phi) is 4.01. The maximum Gasteiger partial charge on any atom is 0.0271 e. The second-order valence-electron chi connectivity index (χ2n) is 3.05. The zero-order chi connectivity index (χ0) is 9.52. The van der Waals surface area contributed by atoms with Gasteiger partial charge < -0.3 is 4.90 Å². The Hall–Kier alpha value is -1.33. The molecular weight excluding hydrogens is 160 g/mol. The minimum atomic E-state index is 0.807. The molecule has 68 valence electrons. The summed E-state index contributed by atoms with van der Waals surface area (Å²) < 4.78 is 0. The van der Waals surface area contributed by atoms with Gasteiger partial charge >= 0.3 is 0 Å². The van der Waals surface area contributed by atoms with Crippen molar-refractivity contribution < 1.29 is 0 Å². The van der Waals surface area contributed by atoms with Gasteiger partial charge in [-0.15, -0.1) is 12.3 Å². The molecule has 0 aromatic carbocycles. The van der Waals surface area contributed by atoms with E-state index in [4.69, 9.17) is 6.42 Å². The number of pyridine rings is 1. The van der Waals surface area contributed by atoms with Gasteiger partial charge in [-0.1, -0.05) is 0 Å². The fraction of sp³-hybridized carbons (Fsp3) is 0.364. The molecule has 0 atom stereocenters. The van der Waals surface area contributed by atoms with Crippen LogP contribution in [0, 0.1) is 12.3 Å². The van der Waals surface area contributed by atoms with E-state index < -0.39 is 0 Å². The molecule has 1 heterocycles. The number of hydrogen-bond donors (Lipinski definition) is 0. The second-order valence-corrected chi connectivity index (χ2v) is 3.05. The molecule has 0 N–H and O–H groups in total. The lowest BCUT2D eigenvalue weighted by Gasteiger charge is -2.14. The van der Waals surface area contributed by atoms with Crippen molar-refractivity contribution in [1.29, 1.82) is 0 Å². The van der Waals surface area contributed by atoms with Crippen LogP contribution in [0.4, 0.5) is 0 Å². The second kappa shape index (κ2) is 5.34. The van der Waals surface area contributed by atoms with E-state index in [0.717, 1.165) is 19.5 Å². The van der Waals surface area contributed by atoms with Gasteiger partial charge in [-0.25, -0.2) is 0 Å². The summed E-state index contributed by atoms with van der Waals surface area (Å²) in [5.74, 6) is 2.63. The topological polar surface area (TPSA) is 16.1 Å². The van der Waals surface area contributed by atoms with E-state index in [-0.39, 0.29) is 0 Å². The number of terminal acetylenes is 1. The van der Waals surface area contributed by atoms with Crippen molar-refractivity contribution in [3.8, 4) is 12.3 Å². The van der Waals surface area contributed by atoms with Crippen LogP contribution in [0.25, 0.3) is 0 Å². The van der Waals surface area contributed by atoms with Crippen LogP contribution in [-0.2, 0) is 6.54 Å². The maximum absolute atomic E-state index is 5.18. The van der Waals surface area contributed by atoms with Gasteiger partial charge in [0.15, 0.2) is 0 Å². The SMILES string of the molecule is C#CCCN(C)Cc1ccncc1. The van der Waals surface area contributed by atoms with Crippen LogP contribution >= 0.6 is 0 Å². The first-order valence-electron chi connectivity index (χ1n) is 4.34. The van der Waals surface area contributed by atoms with E-state index in [9.17, 15) is 0 Å². The van der Waals surface area contributed by atoms with Gasteiger partial charge in [-0.2, -0.15) is 0 Å². The molecule has 0 aliphatic carbocycles. The van der Waals surface area contributed by atoms with Crippen molar-refractivity contribution in [2.75, 3.05) is 13.6 Å². The molecule has 0 spiro atoms. The molecule has 0 unspecified atom stereocenters. The first-order valence-corrected chi connectivity index (χ1v) is 4.34. The summed E-state index contributed by atoms with van der Waals surface area (Å²) in [4.78, 5) is 6.17. The van der Waals surface area contributed by atoms with Crippen LogP contribution in [0.15, 0.2) is 24.5 Å². The average molecular weight is 174 g/mol. The van der Waals surface area contributed by atoms with E-state index in [1.807, 2.05) is 24.5 Å². The molecule has 2 nitrogen and oxygen atoms in total. The Morgan fingerprint density at radius 2 is 2.15 bits per heavy atom. The van der Waals surface area contributed by atoms with Gasteiger partial charge in [-0.05, 0) is 24.7 Å². The molecule has 0 aliphatic rings. The summed E-state index contributed by atoms with van der Waals surface area (Å²) in [5, 5.41) is 0. The first kappa shape index (κ1) is 9.76. The fourth-order valence-corrected chi connectivity index (χ4v) is 1.13. The molecule has 0 saturated heterocycles. The molecule has 0 saturated carbocycles. The molecule has 0 bridgehead atoms. The van der Waals surface area contributed by atoms with Gasteiger partial charge in [0.25, 0.3) is 0 Å². The van der Waals surface area contributed by atoms with Crippen LogP contribution in [0.1, 0.15) is 12.0 Å². The van der Waals surface area contributed by atoms with Crippen LogP contribution in [0.5, 0.6) is 0 Å². The summed E-state index contributed by atoms with van der Waals surface area (Å²) in [7, 11) is 2.07. The highest BCUT2D eigenvalue weighted by atomic mass is 15.1. The molecule has 0 aliphatic heterocycles. The lowest BCUT2D eigenvalue weighted by Crippen LogP contribution is -2.18. The molecule has 0 amide bonds. The Morgan fingerprint density at radius 3 is 2.77 bits per heavy atom. The van der Waals surface area contributed by atoms with Gasteiger partial charge in [0.2, 0.25) is 0 Å². The highest BCUT2D eigenvalue weighted by Gasteiger charge is 1.97. The normalized spacial score (nSPS) is 9.92. The smallest absolute Gasteiger partial charge is 0.0271 e. The Morgan fingerprint density at radius 1 is 1.46 bits per heavy atom. The Balaban J connectivity index is 2.37.